The Labute approximate surface area is 137 Å². The zero-order valence-electron chi connectivity index (χ0n) is 12.4. The van der Waals surface area contributed by atoms with Crippen LogP contribution in [0.2, 0.25) is 0 Å². The molecule has 1 fully saturated rings. The van der Waals surface area contributed by atoms with Gasteiger partial charge in [0.25, 0.3) is 0 Å². The average Bonchev–Trinajstić information content (AvgIpc) is 2.99. The lowest BCUT2D eigenvalue weighted by molar-refractivity contribution is 0.0526. The van der Waals surface area contributed by atoms with Gasteiger partial charge in [0.1, 0.15) is 0 Å². The molecular weight excluding hydrogens is 328 g/mol. The monoisotopic (exact) mass is 348 g/mol. The van der Waals surface area contributed by atoms with E-state index in [1.807, 2.05) is 0 Å². The number of ether oxygens (including phenoxy) is 1. The summed E-state index contributed by atoms with van der Waals surface area (Å²) in [5.74, 6) is -0.120. The molecule has 1 saturated heterocycles. The van der Waals surface area contributed by atoms with Crippen LogP contribution in [0, 0.1) is 5.92 Å². The Bertz CT molecular complexity index is 583. The minimum Gasteiger partial charge on any atom is -0.462 e. The summed E-state index contributed by atoms with van der Waals surface area (Å²) < 4.78 is 31.8. The molecule has 0 spiro atoms. The van der Waals surface area contributed by atoms with Crippen molar-refractivity contribution in [3.8, 4) is 0 Å². The van der Waals surface area contributed by atoms with Crippen molar-refractivity contribution in [2.24, 2.45) is 5.92 Å². The van der Waals surface area contributed by atoms with Crippen molar-refractivity contribution >= 4 is 28.4 Å². The third kappa shape index (κ3) is 4.95. The standard InChI is InChI=1S/C14H20N2O4S.ClH/c1-2-20-14(17)12-3-5-13(6-4-12)21(18,19)16-10-11-7-8-15-9-11;/h3-6,11,15-16H,2,7-10H2,1H3;1H. The number of sulfonamides is 1. The van der Waals surface area contributed by atoms with Crippen LogP contribution in [0.3, 0.4) is 0 Å². The van der Waals surface area contributed by atoms with Crippen molar-refractivity contribution in [1.82, 2.24) is 10.0 Å². The van der Waals surface area contributed by atoms with E-state index in [9.17, 15) is 13.2 Å². The lowest BCUT2D eigenvalue weighted by Crippen LogP contribution is -2.30. The lowest BCUT2D eigenvalue weighted by Gasteiger charge is -2.11. The fourth-order valence-electron chi connectivity index (χ4n) is 2.18. The van der Waals surface area contributed by atoms with E-state index in [0.29, 0.717) is 18.0 Å². The Morgan fingerprint density at radius 2 is 2.05 bits per heavy atom. The predicted molar refractivity (Wildman–Crippen MR) is 85.8 cm³/mol. The molecule has 1 aliphatic rings. The number of halogens is 1. The Hall–Kier alpha value is -1.15. The van der Waals surface area contributed by atoms with Gasteiger partial charge in [-0.05, 0) is 56.6 Å². The number of rotatable bonds is 6. The summed E-state index contributed by atoms with van der Waals surface area (Å²) in [5, 5.41) is 3.19. The van der Waals surface area contributed by atoms with Crippen LogP contribution in [0.4, 0.5) is 0 Å². The van der Waals surface area contributed by atoms with Gasteiger partial charge in [-0.25, -0.2) is 17.9 Å². The molecule has 8 heteroatoms. The third-order valence-electron chi connectivity index (χ3n) is 3.40. The molecule has 1 atom stereocenters. The largest absolute Gasteiger partial charge is 0.462 e. The maximum Gasteiger partial charge on any atom is 0.338 e. The second kappa shape index (κ2) is 8.47. The van der Waals surface area contributed by atoms with Gasteiger partial charge in [0.15, 0.2) is 0 Å². The van der Waals surface area contributed by atoms with E-state index in [1.165, 1.54) is 24.3 Å². The van der Waals surface area contributed by atoms with Crippen molar-refractivity contribution in [2.75, 3.05) is 26.2 Å². The van der Waals surface area contributed by atoms with E-state index in [4.69, 9.17) is 4.74 Å². The second-order valence-electron chi connectivity index (χ2n) is 4.96. The number of carbonyl (C=O) groups excluding carboxylic acids is 1. The maximum atomic E-state index is 12.1. The molecule has 0 bridgehead atoms. The number of carbonyl (C=O) groups is 1. The van der Waals surface area contributed by atoms with Crippen LogP contribution >= 0.6 is 12.4 Å². The van der Waals surface area contributed by atoms with E-state index in [1.54, 1.807) is 6.92 Å². The van der Waals surface area contributed by atoms with Gasteiger partial charge < -0.3 is 10.1 Å². The van der Waals surface area contributed by atoms with Crippen molar-refractivity contribution in [3.63, 3.8) is 0 Å². The molecule has 0 radical (unpaired) electrons. The smallest absolute Gasteiger partial charge is 0.338 e. The van der Waals surface area contributed by atoms with Crippen molar-refractivity contribution in [2.45, 2.75) is 18.2 Å². The highest BCUT2D eigenvalue weighted by atomic mass is 35.5. The average molecular weight is 349 g/mol. The van der Waals surface area contributed by atoms with E-state index >= 15 is 0 Å². The molecule has 1 heterocycles. The molecule has 0 aromatic heterocycles. The number of hydrogen-bond acceptors (Lipinski definition) is 5. The maximum absolute atomic E-state index is 12.1. The zero-order chi connectivity index (χ0) is 15.3. The number of hydrogen-bond donors (Lipinski definition) is 2. The Morgan fingerprint density at radius 3 is 2.59 bits per heavy atom. The SMILES string of the molecule is CCOC(=O)c1ccc(S(=O)(=O)NCC2CCNC2)cc1.Cl. The van der Waals surface area contributed by atoms with Gasteiger partial charge >= 0.3 is 5.97 Å². The number of benzene rings is 1. The molecule has 0 saturated carbocycles. The first-order valence-corrected chi connectivity index (χ1v) is 8.49. The Morgan fingerprint density at radius 1 is 1.36 bits per heavy atom. The van der Waals surface area contributed by atoms with Gasteiger partial charge in [0.05, 0.1) is 17.1 Å². The van der Waals surface area contributed by atoms with Crippen molar-refractivity contribution in [3.05, 3.63) is 29.8 Å². The fraction of sp³-hybridized carbons (Fsp3) is 0.500. The molecule has 1 aromatic rings. The van der Waals surface area contributed by atoms with Crippen LogP contribution in [0.1, 0.15) is 23.7 Å². The number of esters is 1. The van der Waals surface area contributed by atoms with Gasteiger partial charge in [0, 0.05) is 6.54 Å². The molecule has 1 aromatic carbocycles. The minimum atomic E-state index is -3.53. The van der Waals surface area contributed by atoms with Crippen LogP contribution in [0.5, 0.6) is 0 Å². The summed E-state index contributed by atoms with van der Waals surface area (Å²) in [7, 11) is -3.53. The van der Waals surface area contributed by atoms with Gasteiger partial charge in [-0.15, -0.1) is 12.4 Å². The molecule has 22 heavy (non-hydrogen) atoms. The van der Waals surface area contributed by atoms with Crippen LogP contribution in [0.15, 0.2) is 29.2 Å². The summed E-state index contributed by atoms with van der Waals surface area (Å²) in [6.45, 7) is 4.20. The molecule has 0 aliphatic carbocycles. The lowest BCUT2D eigenvalue weighted by atomic mass is 10.1. The van der Waals surface area contributed by atoms with E-state index < -0.39 is 16.0 Å². The molecule has 1 unspecified atom stereocenters. The molecule has 2 N–H and O–H groups in total. The first kappa shape index (κ1) is 18.9. The topological polar surface area (TPSA) is 84.5 Å². The van der Waals surface area contributed by atoms with Crippen molar-refractivity contribution in [1.29, 1.82) is 0 Å². The number of nitrogens with one attached hydrogen (secondary N) is 2. The molecule has 124 valence electrons. The fourth-order valence-corrected chi connectivity index (χ4v) is 3.30. The highest BCUT2D eigenvalue weighted by Gasteiger charge is 2.19. The van der Waals surface area contributed by atoms with Crippen LogP contribution in [-0.2, 0) is 14.8 Å². The van der Waals surface area contributed by atoms with Gasteiger partial charge in [-0.2, -0.15) is 0 Å². The Balaban J connectivity index is 0.00000242. The second-order valence-corrected chi connectivity index (χ2v) is 6.72. The highest BCUT2D eigenvalue weighted by molar-refractivity contribution is 7.89. The quantitative estimate of drug-likeness (QED) is 0.754. The molecule has 6 nitrogen and oxygen atoms in total. The summed E-state index contributed by atoms with van der Waals surface area (Å²) >= 11 is 0. The summed E-state index contributed by atoms with van der Waals surface area (Å²) in [4.78, 5) is 11.7. The van der Waals surface area contributed by atoms with Gasteiger partial charge in [-0.1, -0.05) is 0 Å². The first-order chi connectivity index (χ1) is 10.0. The third-order valence-corrected chi connectivity index (χ3v) is 4.84. The van der Waals surface area contributed by atoms with Crippen LogP contribution < -0.4 is 10.0 Å². The molecule has 2 rings (SSSR count). The van der Waals surface area contributed by atoms with Gasteiger partial charge in [0.2, 0.25) is 10.0 Å². The molecule has 1 aliphatic heterocycles. The first-order valence-electron chi connectivity index (χ1n) is 7.00. The normalized spacial score (nSPS) is 17.8. The van der Waals surface area contributed by atoms with E-state index in [0.717, 1.165) is 19.5 Å². The van der Waals surface area contributed by atoms with Crippen LogP contribution in [0.25, 0.3) is 0 Å². The molecular formula is C14H21ClN2O4S. The highest BCUT2D eigenvalue weighted by Crippen LogP contribution is 2.13. The van der Waals surface area contributed by atoms with Crippen LogP contribution in [-0.4, -0.2) is 40.6 Å². The van der Waals surface area contributed by atoms with Crippen molar-refractivity contribution < 1.29 is 17.9 Å². The van der Waals surface area contributed by atoms with E-state index in [2.05, 4.69) is 10.0 Å². The van der Waals surface area contributed by atoms with Gasteiger partial charge in [-0.3, -0.25) is 0 Å². The predicted octanol–water partition coefficient (Wildman–Crippen LogP) is 1.17. The summed E-state index contributed by atoms with van der Waals surface area (Å²) in [6.07, 6.45) is 0.977. The summed E-state index contributed by atoms with van der Waals surface area (Å²) in [6, 6.07) is 5.76. The van der Waals surface area contributed by atoms with E-state index in [-0.39, 0.29) is 23.9 Å². The minimum absolute atomic E-state index is 0. The molecule has 0 amide bonds. The Kier molecular flexibility index (Phi) is 7.28. The zero-order valence-corrected chi connectivity index (χ0v) is 14.0. The summed E-state index contributed by atoms with van der Waals surface area (Å²) in [5.41, 5.74) is 0.343.